The molecule has 2 aromatic carbocycles. The molecule has 1 aliphatic heterocycles. The van der Waals surface area contributed by atoms with Gasteiger partial charge in [-0.25, -0.2) is 13.6 Å². The van der Waals surface area contributed by atoms with Crippen molar-refractivity contribution >= 4 is 11.9 Å². The fraction of sp³-hybridized carbons (Fsp3) is 0.300. The first-order chi connectivity index (χ1) is 12.7. The van der Waals surface area contributed by atoms with Gasteiger partial charge in [0.1, 0.15) is 29.5 Å². The summed E-state index contributed by atoms with van der Waals surface area (Å²) in [5.74, 6) is -1.47. The third-order valence-electron chi connectivity index (χ3n) is 4.52. The van der Waals surface area contributed by atoms with Gasteiger partial charge in [0.05, 0.1) is 6.54 Å². The van der Waals surface area contributed by atoms with Gasteiger partial charge in [-0.2, -0.15) is 0 Å². The number of carbonyl (C=O) groups is 2. The Morgan fingerprint density at radius 1 is 1.07 bits per heavy atom. The quantitative estimate of drug-likeness (QED) is 0.816. The van der Waals surface area contributed by atoms with Crippen molar-refractivity contribution < 1.29 is 23.1 Å². The Morgan fingerprint density at radius 3 is 2.41 bits per heavy atom. The van der Waals surface area contributed by atoms with Crippen molar-refractivity contribution in [2.45, 2.75) is 26.3 Å². The summed E-state index contributed by atoms with van der Waals surface area (Å²) in [6.07, 6.45) is 0. The van der Waals surface area contributed by atoms with E-state index in [0.29, 0.717) is 5.75 Å². The van der Waals surface area contributed by atoms with Gasteiger partial charge in [-0.1, -0.05) is 6.07 Å². The maximum absolute atomic E-state index is 14.1. The highest BCUT2D eigenvalue weighted by atomic mass is 19.1. The molecule has 0 aliphatic carbocycles. The summed E-state index contributed by atoms with van der Waals surface area (Å²) >= 11 is 0. The number of amides is 3. The second kappa shape index (κ2) is 6.98. The standard InChI is InChI=1S/C20H20F2N2O3/c1-12-8-13(2)10-15(9-12)27-7-6-24-18(25)20(3,23-19(24)26)16-11-14(21)4-5-17(16)22/h4-5,8-11H,6-7H2,1-3H3,(H,23,26)/t20-/m0/s1. The highest BCUT2D eigenvalue weighted by Crippen LogP contribution is 2.31. The van der Waals surface area contributed by atoms with Gasteiger partial charge in [0, 0.05) is 5.56 Å². The summed E-state index contributed by atoms with van der Waals surface area (Å²) < 4.78 is 33.3. The maximum atomic E-state index is 14.1. The number of halogens is 2. The molecule has 1 heterocycles. The molecular formula is C20H20F2N2O3. The van der Waals surface area contributed by atoms with E-state index in [1.165, 1.54) is 6.92 Å². The lowest BCUT2D eigenvalue weighted by Crippen LogP contribution is -2.42. The van der Waals surface area contributed by atoms with Crippen LogP contribution in [-0.2, 0) is 10.3 Å². The van der Waals surface area contributed by atoms with Gasteiger partial charge in [-0.3, -0.25) is 9.69 Å². The van der Waals surface area contributed by atoms with Crippen LogP contribution in [0.4, 0.5) is 13.6 Å². The summed E-state index contributed by atoms with van der Waals surface area (Å²) in [5, 5.41) is 2.46. The molecule has 0 aromatic heterocycles. The minimum atomic E-state index is -1.66. The zero-order valence-electron chi connectivity index (χ0n) is 15.3. The molecule has 3 rings (SSSR count). The smallest absolute Gasteiger partial charge is 0.325 e. The van der Waals surface area contributed by atoms with Gasteiger partial charge in [0.25, 0.3) is 5.91 Å². The maximum Gasteiger partial charge on any atom is 0.325 e. The van der Waals surface area contributed by atoms with Crippen LogP contribution in [0.2, 0.25) is 0 Å². The fourth-order valence-corrected chi connectivity index (χ4v) is 3.23. The van der Waals surface area contributed by atoms with Crippen molar-refractivity contribution in [2.75, 3.05) is 13.2 Å². The first kappa shape index (κ1) is 18.8. The van der Waals surface area contributed by atoms with E-state index in [-0.39, 0.29) is 18.7 Å². The van der Waals surface area contributed by atoms with Crippen molar-refractivity contribution in [1.82, 2.24) is 10.2 Å². The Hall–Kier alpha value is -2.96. The number of carbonyl (C=O) groups excluding carboxylic acids is 2. The van der Waals surface area contributed by atoms with Gasteiger partial charge in [0.2, 0.25) is 0 Å². The zero-order valence-corrected chi connectivity index (χ0v) is 15.3. The Kier molecular flexibility index (Phi) is 4.87. The molecule has 0 bridgehead atoms. The molecule has 1 N–H and O–H groups in total. The summed E-state index contributed by atoms with van der Waals surface area (Å²) in [5.41, 5.74) is 0.199. The number of imide groups is 1. The van der Waals surface area contributed by atoms with Crippen molar-refractivity contribution in [2.24, 2.45) is 0 Å². The average molecular weight is 374 g/mol. The first-order valence-corrected chi connectivity index (χ1v) is 8.51. The van der Waals surface area contributed by atoms with Crippen LogP contribution in [0.3, 0.4) is 0 Å². The van der Waals surface area contributed by atoms with E-state index in [4.69, 9.17) is 4.74 Å². The molecule has 2 aromatic rings. The summed E-state index contributed by atoms with van der Waals surface area (Å²) in [6, 6.07) is 7.85. The molecule has 1 atom stereocenters. The molecule has 3 amide bonds. The van der Waals surface area contributed by atoms with Crippen LogP contribution >= 0.6 is 0 Å². The number of aryl methyl sites for hydroxylation is 2. The summed E-state index contributed by atoms with van der Waals surface area (Å²) in [4.78, 5) is 25.9. The molecular weight excluding hydrogens is 354 g/mol. The molecule has 0 spiro atoms. The molecule has 1 saturated heterocycles. The van der Waals surface area contributed by atoms with Crippen LogP contribution in [0.1, 0.15) is 23.6 Å². The van der Waals surface area contributed by atoms with E-state index in [1.807, 2.05) is 32.0 Å². The van der Waals surface area contributed by atoms with Crippen molar-refractivity contribution in [3.05, 3.63) is 64.7 Å². The van der Waals surface area contributed by atoms with E-state index in [9.17, 15) is 18.4 Å². The molecule has 27 heavy (non-hydrogen) atoms. The lowest BCUT2D eigenvalue weighted by Gasteiger charge is -2.22. The second-order valence-corrected chi connectivity index (χ2v) is 6.81. The Bertz CT molecular complexity index is 896. The van der Waals surface area contributed by atoms with E-state index < -0.39 is 29.1 Å². The minimum absolute atomic E-state index is 0.00974. The van der Waals surface area contributed by atoms with Crippen LogP contribution < -0.4 is 10.1 Å². The third-order valence-corrected chi connectivity index (χ3v) is 4.52. The predicted octanol–water partition coefficient (Wildman–Crippen LogP) is 3.43. The molecule has 1 aliphatic rings. The minimum Gasteiger partial charge on any atom is -0.492 e. The number of urea groups is 1. The van der Waals surface area contributed by atoms with Gasteiger partial charge in [-0.15, -0.1) is 0 Å². The second-order valence-electron chi connectivity index (χ2n) is 6.81. The van der Waals surface area contributed by atoms with Gasteiger partial charge in [0.15, 0.2) is 0 Å². The van der Waals surface area contributed by atoms with Crippen LogP contribution in [0.15, 0.2) is 36.4 Å². The number of nitrogens with zero attached hydrogens (tertiary/aromatic N) is 1. The van der Waals surface area contributed by atoms with E-state index in [0.717, 1.165) is 34.2 Å². The van der Waals surface area contributed by atoms with Crippen LogP contribution in [0, 0.1) is 25.5 Å². The summed E-state index contributed by atoms with van der Waals surface area (Å²) in [7, 11) is 0. The molecule has 7 heteroatoms. The lowest BCUT2D eigenvalue weighted by atomic mass is 9.91. The Labute approximate surface area is 155 Å². The molecule has 142 valence electrons. The largest absolute Gasteiger partial charge is 0.492 e. The average Bonchev–Trinajstić information content (AvgIpc) is 2.80. The van der Waals surface area contributed by atoms with Crippen molar-refractivity contribution in [3.63, 3.8) is 0 Å². The fourth-order valence-electron chi connectivity index (χ4n) is 3.23. The SMILES string of the molecule is Cc1cc(C)cc(OCCN2C(=O)N[C@@](C)(c3cc(F)ccc3F)C2=O)c1. The van der Waals surface area contributed by atoms with Crippen LogP contribution in [-0.4, -0.2) is 30.0 Å². The van der Waals surface area contributed by atoms with Crippen molar-refractivity contribution in [1.29, 1.82) is 0 Å². The van der Waals surface area contributed by atoms with Gasteiger partial charge >= 0.3 is 6.03 Å². The first-order valence-electron chi connectivity index (χ1n) is 8.51. The Morgan fingerprint density at radius 2 is 1.74 bits per heavy atom. The number of hydrogen-bond donors (Lipinski definition) is 1. The number of rotatable bonds is 5. The molecule has 5 nitrogen and oxygen atoms in total. The topological polar surface area (TPSA) is 58.6 Å². The lowest BCUT2D eigenvalue weighted by molar-refractivity contribution is -0.131. The highest BCUT2D eigenvalue weighted by molar-refractivity contribution is 6.07. The molecule has 0 unspecified atom stereocenters. The molecule has 0 radical (unpaired) electrons. The van der Waals surface area contributed by atoms with E-state index in [1.54, 1.807) is 0 Å². The number of benzene rings is 2. The Balaban J connectivity index is 1.73. The monoisotopic (exact) mass is 374 g/mol. The van der Waals surface area contributed by atoms with Gasteiger partial charge < -0.3 is 10.1 Å². The molecule has 1 fully saturated rings. The number of nitrogens with one attached hydrogen (secondary N) is 1. The van der Waals surface area contributed by atoms with Gasteiger partial charge in [-0.05, 0) is 62.2 Å². The van der Waals surface area contributed by atoms with E-state index >= 15 is 0 Å². The third kappa shape index (κ3) is 3.63. The molecule has 0 saturated carbocycles. The number of hydrogen-bond acceptors (Lipinski definition) is 3. The van der Waals surface area contributed by atoms with Crippen LogP contribution in [0.25, 0.3) is 0 Å². The van der Waals surface area contributed by atoms with E-state index in [2.05, 4.69) is 5.32 Å². The van der Waals surface area contributed by atoms with Crippen LogP contribution in [0.5, 0.6) is 5.75 Å². The normalized spacial score (nSPS) is 19.4. The predicted molar refractivity (Wildman–Crippen MR) is 95.4 cm³/mol. The van der Waals surface area contributed by atoms with Crippen molar-refractivity contribution in [3.8, 4) is 5.75 Å². The summed E-state index contributed by atoms with van der Waals surface area (Å²) in [6.45, 7) is 5.32. The highest BCUT2D eigenvalue weighted by Gasteiger charge is 2.50. The number of ether oxygens (including phenoxy) is 1. The zero-order chi connectivity index (χ0) is 19.8.